The van der Waals surface area contributed by atoms with E-state index in [-0.39, 0.29) is 17.1 Å². The molecule has 5 heteroatoms. The second-order valence-electron chi connectivity index (χ2n) is 7.55. The average Bonchev–Trinajstić information content (AvgIpc) is 2.27. The predicted octanol–water partition coefficient (Wildman–Crippen LogP) is 2.88. The molecular weight excluding hydrogens is 264 g/mol. The van der Waals surface area contributed by atoms with Crippen molar-refractivity contribution in [2.75, 3.05) is 23.7 Å². The Morgan fingerprint density at radius 3 is 2.10 bits per heavy atom. The summed E-state index contributed by atoms with van der Waals surface area (Å²) in [5.41, 5.74) is 6.61. The largest absolute Gasteiger partial charge is 0.383 e. The van der Waals surface area contributed by atoms with E-state index in [1.165, 1.54) is 0 Å². The third-order valence-corrected chi connectivity index (χ3v) is 3.69. The van der Waals surface area contributed by atoms with Crippen LogP contribution in [0.4, 0.5) is 11.6 Å². The zero-order valence-electron chi connectivity index (χ0n) is 14.3. The van der Waals surface area contributed by atoms with E-state index in [4.69, 9.17) is 15.5 Å². The molecule has 2 N–H and O–H groups in total. The Hall–Kier alpha value is -1.36. The first-order chi connectivity index (χ1) is 9.51. The number of nitrogens with two attached hydrogens (primary N) is 1. The maximum atomic E-state index is 6.14. The van der Waals surface area contributed by atoms with Crippen LogP contribution >= 0.6 is 0 Å². The fraction of sp³-hybridized carbons (Fsp3) is 0.750. The Bertz CT molecular complexity index is 521. The maximum absolute atomic E-state index is 6.14. The van der Waals surface area contributed by atoms with Gasteiger partial charge in [-0.1, -0.05) is 13.8 Å². The number of rotatable bonds is 2. The van der Waals surface area contributed by atoms with Crippen LogP contribution in [0, 0.1) is 6.92 Å². The van der Waals surface area contributed by atoms with Gasteiger partial charge in [0.1, 0.15) is 17.5 Å². The highest BCUT2D eigenvalue weighted by atomic mass is 16.5. The van der Waals surface area contributed by atoms with E-state index < -0.39 is 0 Å². The first-order valence-electron chi connectivity index (χ1n) is 7.60. The number of nitrogen functional groups attached to an aromatic ring is 1. The van der Waals surface area contributed by atoms with Crippen molar-refractivity contribution in [3.05, 3.63) is 11.4 Å². The summed E-state index contributed by atoms with van der Waals surface area (Å²) in [6.45, 7) is 16.2. The number of hydrogen-bond acceptors (Lipinski definition) is 5. The Morgan fingerprint density at radius 1 is 1.10 bits per heavy atom. The van der Waals surface area contributed by atoms with Gasteiger partial charge in [-0.05, 0) is 34.6 Å². The van der Waals surface area contributed by atoms with E-state index in [2.05, 4.69) is 51.4 Å². The van der Waals surface area contributed by atoms with Gasteiger partial charge in [0.2, 0.25) is 0 Å². The van der Waals surface area contributed by atoms with Crippen LogP contribution in [0.1, 0.15) is 58.8 Å². The van der Waals surface area contributed by atoms with Crippen molar-refractivity contribution < 1.29 is 4.74 Å². The Kier molecular flexibility index (Phi) is 3.91. The lowest BCUT2D eigenvalue weighted by Crippen LogP contribution is -2.57. The smallest absolute Gasteiger partial charge is 0.137 e. The van der Waals surface area contributed by atoms with E-state index in [0.717, 1.165) is 30.3 Å². The van der Waals surface area contributed by atoms with Crippen LogP contribution in [0.15, 0.2) is 0 Å². The second kappa shape index (κ2) is 5.13. The van der Waals surface area contributed by atoms with Gasteiger partial charge in [-0.3, -0.25) is 0 Å². The molecule has 21 heavy (non-hydrogen) atoms. The summed E-state index contributed by atoms with van der Waals surface area (Å²) in [5, 5.41) is 0. The van der Waals surface area contributed by atoms with E-state index >= 15 is 0 Å². The molecule has 0 saturated carbocycles. The Labute approximate surface area is 127 Å². The van der Waals surface area contributed by atoms with Crippen molar-refractivity contribution in [2.45, 2.75) is 65.6 Å². The fourth-order valence-corrected chi connectivity index (χ4v) is 3.04. The van der Waals surface area contributed by atoms with Crippen molar-refractivity contribution in [1.82, 2.24) is 9.97 Å². The van der Waals surface area contributed by atoms with E-state index in [1.807, 2.05) is 6.92 Å². The van der Waals surface area contributed by atoms with E-state index in [1.54, 1.807) is 0 Å². The molecule has 0 amide bonds. The summed E-state index contributed by atoms with van der Waals surface area (Å²) in [6, 6.07) is 0. The van der Waals surface area contributed by atoms with Gasteiger partial charge < -0.3 is 15.4 Å². The Balaban J connectivity index is 2.45. The number of ether oxygens (including phenoxy) is 1. The molecule has 118 valence electrons. The molecule has 0 radical (unpaired) electrons. The van der Waals surface area contributed by atoms with Crippen LogP contribution in [-0.4, -0.2) is 34.3 Å². The molecule has 0 aliphatic carbocycles. The van der Waals surface area contributed by atoms with Gasteiger partial charge in [-0.2, -0.15) is 0 Å². The molecule has 0 aromatic carbocycles. The lowest BCUT2D eigenvalue weighted by atomic mass is 9.98. The van der Waals surface area contributed by atoms with Crippen LogP contribution in [0.3, 0.4) is 0 Å². The highest BCUT2D eigenvalue weighted by molar-refractivity contribution is 5.57. The highest BCUT2D eigenvalue weighted by Gasteiger charge is 2.39. The number of hydrogen-bond donors (Lipinski definition) is 1. The molecule has 2 rings (SSSR count). The molecule has 5 nitrogen and oxygen atoms in total. The third kappa shape index (κ3) is 3.46. The van der Waals surface area contributed by atoms with Crippen LogP contribution in [-0.2, 0) is 4.74 Å². The van der Waals surface area contributed by atoms with Crippen molar-refractivity contribution in [3.63, 3.8) is 0 Å². The lowest BCUT2D eigenvalue weighted by Gasteiger charge is -2.48. The maximum Gasteiger partial charge on any atom is 0.137 e. The molecule has 1 aliphatic heterocycles. The quantitative estimate of drug-likeness (QED) is 0.908. The fourth-order valence-electron chi connectivity index (χ4n) is 3.04. The molecule has 2 heterocycles. The molecule has 1 aliphatic rings. The summed E-state index contributed by atoms with van der Waals surface area (Å²) >= 11 is 0. The highest BCUT2D eigenvalue weighted by Crippen LogP contribution is 2.33. The van der Waals surface area contributed by atoms with Crippen molar-refractivity contribution in [1.29, 1.82) is 0 Å². The lowest BCUT2D eigenvalue weighted by molar-refractivity contribution is -0.133. The molecular formula is C16H28N4O. The minimum atomic E-state index is -0.216. The molecule has 0 atom stereocenters. The predicted molar refractivity (Wildman–Crippen MR) is 86.7 cm³/mol. The minimum Gasteiger partial charge on any atom is -0.383 e. The topological polar surface area (TPSA) is 64.3 Å². The zero-order chi connectivity index (χ0) is 16.0. The molecule has 1 fully saturated rings. The summed E-state index contributed by atoms with van der Waals surface area (Å²) in [7, 11) is 0. The summed E-state index contributed by atoms with van der Waals surface area (Å²) in [6.07, 6.45) is 0. The first kappa shape index (κ1) is 16.0. The molecule has 1 aromatic rings. The van der Waals surface area contributed by atoms with Crippen LogP contribution in [0.5, 0.6) is 0 Å². The van der Waals surface area contributed by atoms with Gasteiger partial charge in [0, 0.05) is 24.6 Å². The van der Waals surface area contributed by atoms with Crippen LogP contribution in [0.2, 0.25) is 0 Å². The molecule has 0 unspecified atom stereocenters. The summed E-state index contributed by atoms with van der Waals surface area (Å²) in [4.78, 5) is 11.5. The molecule has 1 saturated heterocycles. The SMILES string of the molecule is Cc1c(N)nc(C(C)C)nc1N1CC(C)(C)OC(C)(C)C1. The number of anilines is 2. The minimum absolute atomic E-state index is 0.216. The van der Waals surface area contributed by atoms with Crippen LogP contribution < -0.4 is 10.6 Å². The van der Waals surface area contributed by atoms with Gasteiger partial charge in [-0.25, -0.2) is 9.97 Å². The first-order valence-corrected chi connectivity index (χ1v) is 7.60. The molecule has 0 bridgehead atoms. The van der Waals surface area contributed by atoms with E-state index in [9.17, 15) is 0 Å². The zero-order valence-corrected chi connectivity index (χ0v) is 14.3. The summed E-state index contributed by atoms with van der Waals surface area (Å²) in [5.74, 6) is 2.57. The van der Waals surface area contributed by atoms with Crippen LogP contribution in [0.25, 0.3) is 0 Å². The standard InChI is InChI=1S/C16H28N4O/c1-10(2)13-18-12(17)11(3)14(19-13)20-8-15(4,5)21-16(6,7)9-20/h10H,8-9H2,1-7H3,(H2,17,18,19). The number of nitrogens with zero attached hydrogens (tertiary/aromatic N) is 3. The number of morpholine rings is 1. The monoisotopic (exact) mass is 292 g/mol. The van der Waals surface area contributed by atoms with Crippen molar-refractivity contribution >= 4 is 11.6 Å². The van der Waals surface area contributed by atoms with E-state index in [0.29, 0.717) is 5.82 Å². The van der Waals surface area contributed by atoms with Gasteiger partial charge in [0.05, 0.1) is 11.2 Å². The van der Waals surface area contributed by atoms with Gasteiger partial charge in [0.15, 0.2) is 0 Å². The normalized spacial score (nSPS) is 20.9. The van der Waals surface area contributed by atoms with Gasteiger partial charge in [-0.15, -0.1) is 0 Å². The Morgan fingerprint density at radius 2 is 1.62 bits per heavy atom. The van der Waals surface area contributed by atoms with Crippen molar-refractivity contribution in [2.24, 2.45) is 0 Å². The summed E-state index contributed by atoms with van der Waals surface area (Å²) < 4.78 is 6.14. The van der Waals surface area contributed by atoms with Gasteiger partial charge in [0.25, 0.3) is 0 Å². The van der Waals surface area contributed by atoms with Gasteiger partial charge >= 0.3 is 0 Å². The molecule has 1 aromatic heterocycles. The number of aromatic nitrogens is 2. The average molecular weight is 292 g/mol. The third-order valence-electron chi connectivity index (χ3n) is 3.69. The van der Waals surface area contributed by atoms with Crippen molar-refractivity contribution in [3.8, 4) is 0 Å². The second-order valence-corrected chi connectivity index (χ2v) is 7.55. The molecule has 0 spiro atoms.